The van der Waals surface area contributed by atoms with E-state index in [9.17, 15) is 61.0 Å². The lowest BCUT2D eigenvalue weighted by Gasteiger charge is -2.48. The highest BCUT2D eigenvalue weighted by atomic mass is 16.8. The first-order valence-electron chi connectivity index (χ1n) is 29.0. The van der Waals surface area contributed by atoms with Crippen molar-refractivity contribution in [1.82, 2.24) is 5.32 Å². The highest BCUT2D eigenvalue weighted by Gasteiger charge is 2.53. The minimum absolute atomic E-state index is 0.213. The van der Waals surface area contributed by atoms with Crippen molar-refractivity contribution in [3.05, 3.63) is 60.8 Å². The van der Waals surface area contributed by atoms with Crippen LogP contribution in [0.15, 0.2) is 60.8 Å². The zero-order valence-electron chi connectivity index (χ0n) is 46.2. The van der Waals surface area contributed by atoms with Gasteiger partial charge in [0.2, 0.25) is 5.91 Å². The lowest BCUT2D eigenvalue weighted by Crippen LogP contribution is -2.66. The van der Waals surface area contributed by atoms with Gasteiger partial charge in [0.1, 0.15) is 73.2 Å². The summed E-state index contributed by atoms with van der Waals surface area (Å²) in [6.45, 7) is 1.55. The number of nitrogens with one attached hydrogen (secondary N) is 1. The number of ether oxygens (including phenoxy) is 6. The predicted molar refractivity (Wildman–Crippen MR) is 291 cm³/mol. The molecule has 0 aromatic carbocycles. The molecular weight excluding hydrogens is 999 g/mol. The topological polar surface area (TPSA) is 307 Å². The van der Waals surface area contributed by atoms with Crippen LogP contribution in [0.3, 0.4) is 0 Å². The highest BCUT2D eigenvalue weighted by molar-refractivity contribution is 5.76. The molecule has 3 aliphatic heterocycles. The van der Waals surface area contributed by atoms with E-state index in [1.807, 2.05) is 6.08 Å². The second kappa shape index (κ2) is 41.5. The van der Waals surface area contributed by atoms with Crippen molar-refractivity contribution in [2.24, 2.45) is 0 Å². The Morgan fingerprint density at radius 1 is 0.481 bits per heavy atom. The van der Waals surface area contributed by atoms with Gasteiger partial charge in [-0.15, -0.1) is 0 Å². The standard InChI is InChI=1S/C58H101NO18/c1-3-5-7-9-11-13-15-17-19-20-22-23-25-27-29-31-33-35-42(63)41(59-46(64)36-34-32-30-28-26-24-21-18-16-14-12-10-8-6-4-2)40-72-56-52(70)49(67)54(44(38-61)74-56)77-58-53(71)50(68)55(45(39-62)75-58)76-57-51(69)48(66)47(65)43(37-60)73-57/h6,8,12,14,18,21,25,27,33,35,41-45,47-58,60-63,65-71H,3-5,7,9-11,13,15-17,19-20,22-24,26,28-32,34,36-40H2,1-2H3,(H,59,64)/b8-6-,14-12-,21-18-,27-25+,35-33+. The van der Waals surface area contributed by atoms with Crippen LogP contribution >= 0.6 is 0 Å². The summed E-state index contributed by atoms with van der Waals surface area (Å²) in [6.07, 6.45) is 19.2. The Morgan fingerprint density at radius 2 is 0.909 bits per heavy atom. The normalized spacial score (nSPS) is 31.2. The van der Waals surface area contributed by atoms with E-state index in [4.69, 9.17) is 28.4 Å². The lowest BCUT2D eigenvalue weighted by atomic mass is 9.96. The van der Waals surface area contributed by atoms with E-state index in [1.165, 1.54) is 64.2 Å². The third kappa shape index (κ3) is 25.9. The molecule has 0 aliphatic carbocycles. The Labute approximate surface area is 458 Å². The summed E-state index contributed by atoms with van der Waals surface area (Å²) >= 11 is 0. The predicted octanol–water partition coefficient (Wildman–Crippen LogP) is 4.48. The van der Waals surface area contributed by atoms with Crippen LogP contribution in [0.5, 0.6) is 0 Å². The number of aliphatic hydroxyl groups excluding tert-OH is 11. The minimum Gasteiger partial charge on any atom is -0.394 e. The zero-order chi connectivity index (χ0) is 56.2. The van der Waals surface area contributed by atoms with Crippen LogP contribution in [0.2, 0.25) is 0 Å². The van der Waals surface area contributed by atoms with Gasteiger partial charge in [0, 0.05) is 6.42 Å². The number of carbonyl (C=O) groups is 1. The average Bonchev–Trinajstić information content (AvgIpc) is 3.43. The van der Waals surface area contributed by atoms with Crippen molar-refractivity contribution in [2.45, 2.75) is 272 Å². The molecule has 19 heteroatoms. The number of carbonyl (C=O) groups excluding carboxylic acids is 1. The van der Waals surface area contributed by atoms with Gasteiger partial charge in [-0.3, -0.25) is 4.79 Å². The number of allylic oxidation sites excluding steroid dienone is 9. The molecule has 19 nitrogen and oxygen atoms in total. The van der Waals surface area contributed by atoms with E-state index in [1.54, 1.807) is 6.08 Å². The highest BCUT2D eigenvalue weighted by Crippen LogP contribution is 2.33. The molecule has 0 aromatic rings. The van der Waals surface area contributed by atoms with Crippen LogP contribution in [0.1, 0.15) is 168 Å². The molecule has 0 spiro atoms. The Hall–Kier alpha value is -2.51. The van der Waals surface area contributed by atoms with Crippen LogP contribution in [0, 0.1) is 0 Å². The second-order valence-electron chi connectivity index (χ2n) is 20.7. The molecule has 3 heterocycles. The first-order chi connectivity index (χ1) is 37.3. The lowest BCUT2D eigenvalue weighted by molar-refractivity contribution is -0.379. The molecular formula is C58H101NO18. The fourth-order valence-corrected chi connectivity index (χ4v) is 9.51. The second-order valence-corrected chi connectivity index (χ2v) is 20.7. The SMILES string of the molecule is CC/C=C\C/C=C\C/C=C\CCCCCCCC(=O)NC(COC1OC(CO)C(OC2OC(CO)C(OC3OC(CO)C(O)C(O)C3O)C(O)C2O)C(O)C1O)C(O)/C=C/CC/C=C/CCCCCCCCCCCCC. The van der Waals surface area contributed by atoms with Gasteiger partial charge in [-0.1, -0.05) is 158 Å². The molecule has 0 saturated carbocycles. The first-order valence-corrected chi connectivity index (χ1v) is 29.0. The molecule has 12 N–H and O–H groups in total. The quantitative estimate of drug-likeness (QED) is 0.0297. The van der Waals surface area contributed by atoms with Crippen molar-refractivity contribution >= 4 is 5.91 Å². The molecule has 17 unspecified atom stereocenters. The summed E-state index contributed by atoms with van der Waals surface area (Å²) in [7, 11) is 0. The summed E-state index contributed by atoms with van der Waals surface area (Å²) in [5, 5.41) is 120. The number of unbranched alkanes of at least 4 members (excludes halogenated alkanes) is 17. The number of hydrogen-bond donors (Lipinski definition) is 12. The van der Waals surface area contributed by atoms with Crippen LogP contribution in [-0.2, 0) is 33.2 Å². The summed E-state index contributed by atoms with van der Waals surface area (Å²) in [6, 6.07) is -1.000. The maximum absolute atomic E-state index is 13.3. The number of hydrogen-bond acceptors (Lipinski definition) is 18. The van der Waals surface area contributed by atoms with Crippen molar-refractivity contribution < 1.29 is 89.4 Å². The Balaban J connectivity index is 1.54. The monoisotopic (exact) mass is 1100 g/mol. The molecule has 0 aromatic heterocycles. The number of amides is 1. The summed E-state index contributed by atoms with van der Waals surface area (Å²) in [4.78, 5) is 13.3. The van der Waals surface area contributed by atoms with Crippen molar-refractivity contribution in [2.75, 3.05) is 26.4 Å². The van der Waals surface area contributed by atoms with Crippen molar-refractivity contribution in [3.8, 4) is 0 Å². The van der Waals surface area contributed by atoms with Gasteiger partial charge in [-0.2, -0.15) is 0 Å². The van der Waals surface area contributed by atoms with Gasteiger partial charge in [-0.25, -0.2) is 0 Å². The molecule has 3 fully saturated rings. The Bertz CT molecular complexity index is 1650. The molecule has 1 amide bonds. The van der Waals surface area contributed by atoms with Crippen LogP contribution < -0.4 is 5.32 Å². The average molecular weight is 1100 g/mol. The first kappa shape index (κ1) is 68.8. The van der Waals surface area contributed by atoms with Gasteiger partial charge in [-0.05, 0) is 64.2 Å². The van der Waals surface area contributed by atoms with Crippen molar-refractivity contribution in [1.29, 1.82) is 0 Å². The summed E-state index contributed by atoms with van der Waals surface area (Å²) < 4.78 is 34.2. The summed E-state index contributed by atoms with van der Waals surface area (Å²) in [5.41, 5.74) is 0. The van der Waals surface area contributed by atoms with Crippen LogP contribution in [0.25, 0.3) is 0 Å². The van der Waals surface area contributed by atoms with Gasteiger partial charge in [0.05, 0.1) is 38.6 Å². The van der Waals surface area contributed by atoms with Gasteiger partial charge >= 0.3 is 0 Å². The van der Waals surface area contributed by atoms with Crippen LogP contribution in [0.4, 0.5) is 0 Å². The van der Waals surface area contributed by atoms with Crippen molar-refractivity contribution in [3.63, 3.8) is 0 Å². The number of aliphatic hydroxyl groups is 11. The third-order valence-corrected chi connectivity index (χ3v) is 14.3. The molecule has 0 radical (unpaired) electrons. The molecule has 3 rings (SSSR count). The minimum atomic E-state index is -1.98. The van der Waals surface area contributed by atoms with E-state index in [2.05, 4.69) is 67.8 Å². The Kier molecular flexibility index (Phi) is 37.0. The maximum Gasteiger partial charge on any atom is 0.220 e. The Morgan fingerprint density at radius 3 is 1.45 bits per heavy atom. The van der Waals surface area contributed by atoms with Gasteiger partial charge in [0.25, 0.3) is 0 Å². The smallest absolute Gasteiger partial charge is 0.220 e. The molecule has 77 heavy (non-hydrogen) atoms. The fourth-order valence-electron chi connectivity index (χ4n) is 9.51. The molecule has 17 atom stereocenters. The van der Waals surface area contributed by atoms with Crippen LogP contribution in [-0.4, -0.2) is 193 Å². The van der Waals surface area contributed by atoms with E-state index in [-0.39, 0.29) is 18.9 Å². The molecule has 3 aliphatic rings. The molecule has 0 bridgehead atoms. The van der Waals surface area contributed by atoms with E-state index in [0.717, 1.165) is 70.6 Å². The van der Waals surface area contributed by atoms with E-state index < -0.39 is 124 Å². The van der Waals surface area contributed by atoms with E-state index >= 15 is 0 Å². The van der Waals surface area contributed by atoms with Gasteiger partial charge in [0.15, 0.2) is 18.9 Å². The molecule has 3 saturated heterocycles. The van der Waals surface area contributed by atoms with Gasteiger partial charge < -0.3 is 89.9 Å². The maximum atomic E-state index is 13.3. The largest absolute Gasteiger partial charge is 0.394 e. The summed E-state index contributed by atoms with van der Waals surface area (Å²) in [5.74, 6) is -0.306. The number of rotatable bonds is 41. The third-order valence-electron chi connectivity index (χ3n) is 14.3. The zero-order valence-corrected chi connectivity index (χ0v) is 46.2. The molecule has 446 valence electrons. The van der Waals surface area contributed by atoms with E-state index in [0.29, 0.717) is 12.8 Å². The fraction of sp³-hybridized carbons (Fsp3) is 0.810.